The smallest absolute Gasteiger partial charge is 0.315 e. The lowest BCUT2D eigenvalue weighted by atomic mass is 10.2. The van der Waals surface area contributed by atoms with E-state index in [1.807, 2.05) is 6.07 Å². The second-order valence-electron chi connectivity index (χ2n) is 6.07. The minimum atomic E-state index is -0.694. The van der Waals surface area contributed by atoms with E-state index in [9.17, 15) is 14.9 Å². The molecule has 2 aromatic carbocycles. The van der Waals surface area contributed by atoms with Gasteiger partial charge in [-0.3, -0.25) is 14.4 Å². The molecule has 1 aliphatic rings. The average Bonchev–Trinajstić information content (AvgIpc) is 3.17. The van der Waals surface area contributed by atoms with Gasteiger partial charge >= 0.3 is 5.97 Å². The minimum Gasteiger partial charge on any atom is -0.426 e. The molecule has 0 radical (unpaired) electrons. The molecule has 0 saturated carbocycles. The highest BCUT2D eigenvalue weighted by Crippen LogP contribution is 2.36. The van der Waals surface area contributed by atoms with E-state index in [1.165, 1.54) is 7.11 Å². The van der Waals surface area contributed by atoms with Gasteiger partial charge in [-0.2, -0.15) is 10.3 Å². The normalized spacial score (nSPS) is 15.6. The van der Waals surface area contributed by atoms with E-state index < -0.39 is 12.1 Å². The summed E-state index contributed by atoms with van der Waals surface area (Å²) < 4.78 is 7.07. The number of carbonyl (C=O) groups is 2. The van der Waals surface area contributed by atoms with Gasteiger partial charge in [-0.25, -0.2) is 0 Å². The molecule has 1 amide bonds. The predicted octanol–water partition coefficient (Wildman–Crippen LogP) is 3.02. The number of aromatic nitrogens is 1. The van der Waals surface area contributed by atoms with Crippen LogP contribution in [0.2, 0.25) is 0 Å². The Labute approximate surface area is 154 Å². The molecule has 27 heavy (non-hydrogen) atoms. The van der Waals surface area contributed by atoms with E-state index in [-0.39, 0.29) is 12.3 Å². The second kappa shape index (κ2) is 6.59. The predicted molar refractivity (Wildman–Crippen MR) is 95.6 cm³/mol. The third-order valence-corrected chi connectivity index (χ3v) is 4.48. The number of hydrogen-bond donors (Lipinski definition) is 0. The van der Waals surface area contributed by atoms with Crippen molar-refractivity contribution in [1.82, 2.24) is 9.63 Å². The first-order chi connectivity index (χ1) is 13.1. The zero-order valence-corrected chi connectivity index (χ0v) is 14.5. The van der Waals surface area contributed by atoms with Crippen LogP contribution in [0.1, 0.15) is 28.6 Å². The van der Waals surface area contributed by atoms with Crippen LogP contribution in [0.4, 0.5) is 0 Å². The molecule has 0 saturated heterocycles. The highest BCUT2D eigenvalue weighted by Gasteiger charge is 2.40. The third kappa shape index (κ3) is 2.82. The van der Waals surface area contributed by atoms with Crippen LogP contribution in [0.5, 0.6) is 5.75 Å². The molecule has 1 aliphatic heterocycles. The second-order valence-corrected chi connectivity index (χ2v) is 6.07. The molecule has 7 nitrogen and oxygen atoms in total. The number of nitriles is 1. The monoisotopic (exact) mass is 361 g/mol. The lowest BCUT2D eigenvalue weighted by molar-refractivity contribution is -0.151. The van der Waals surface area contributed by atoms with E-state index in [4.69, 9.17) is 9.57 Å². The average molecular weight is 361 g/mol. The summed E-state index contributed by atoms with van der Waals surface area (Å²) in [6, 6.07) is 17.7. The van der Waals surface area contributed by atoms with Crippen LogP contribution in [-0.4, -0.2) is 28.6 Å². The largest absolute Gasteiger partial charge is 0.426 e. The van der Waals surface area contributed by atoms with E-state index in [0.717, 1.165) is 10.4 Å². The van der Waals surface area contributed by atoms with Crippen molar-refractivity contribution >= 4 is 22.8 Å². The van der Waals surface area contributed by atoms with Crippen LogP contribution < -0.4 is 4.74 Å². The van der Waals surface area contributed by atoms with E-state index >= 15 is 0 Å². The van der Waals surface area contributed by atoms with Crippen molar-refractivity contribution in [3.63, 3.8) is 0 Å². The number of benzene rings is 2. The Kier molecular flexibility index (Phi) is 4.11. The molecule has 134 valence electrons. The summed E-state index contributed by atoms with van der Waals surface area (Å²) in [6.07, 6.45) is -0.790. The van der Waals surface area contributed by atoms with Crippen molar-refractivity contribution in [1.29, 1.82) is 5.26 Å². The summed E-state index contributed by atoms with van der Waals surface area (Å²) in [5, 5.41) is 11.1. The van der Waals surface area contributed by atoms with E-state index in [2.05, 4.69) is 6.07 Å². The van der Waals surface area contributed by atoms with Gasteiger partial charge in [-0.15, -0.1) is 0 Å². The summed E-state index contributed by atoms with van der Waals surface area (Å²) in [7, 11) is 1.38. The Morgan fingerprint density at radius 2 is 1.96 bits per heavy atom. The SMILES string of the molecule is CON1C(=O)c2cc3ccc(C#N)cc3n2C1CC(=O)Oc1ccccc1. The van der Waals surface area contributed by atoms with Crippen molar-refractivity contribution < 1.29 is 19.2 Å². The molecule has 0 N–H and O–H groups in total. The van der Waals surface area contributed by atoms with Gasteiger partial charge in [-0.05, 0) is 30.3 Å². The van der Waals surface area contributed by atoms with Gasteiger partial charge in [0.05, 0.1) is 30.7 Å². The molecular formula is C20H15N3O4. The van der Waals surface area contributed by atoms with Gasteiger partial charge < -0.3 is 9.30 Å². The van der Waals surface area contributed by atoms with Gasteiger partial charge in [0.2, 0.25) is 0 Å². The van der Waals surface area contributed by atoms with Crippen LogP contribution in [0.15, 0.2) is 54.6 Å². The summed E-state index contributed by atoms with van der Waals surface area (Å²) in [6.45, 7) is 0. The van der Waals surface area contributed by atoms with Gasteiger partial charge in [0.1, 0.15) is 17.6 Å². The van der Waals surface area contributed by atoms with E-state index in [1.54, 1.807) is 53.1 Å². The van der Waals surface area contributed by atoms with Crippen LogP contribution in [0.3, 0.4) is 0 Å². The van der Waals surface area contributed by atoms with Crippen LogP contribution in [0, 0.1) is 11.3 Å². The quantitative estimate of drug-likeness (QED) is 0.527. The van der Waals surface area contributed by atoms with Gasteiger partial charge in [0.15, 0.2) is 0 Å². The minimum absolute atomic E-state index is 0.0952. The van der Waals surface area contributed by atoms with E-state index in [0.29, 0.717) is 22.5 Å². The van der Waals surface area contributed by atoms with Gasteiger partial charge in [0.25, 0.3) is 5.91 Å². The molecule has 0 spiro atoms. The number of fused-ring (bicyclic) bond motifs is 3. The van der Waals surface area contributed by atoms with Crippen molar-refractivity contribution in [3.05, 3.63) is 65.9 Å². The Bertz CT molecular complexity index is 1080. The highest BCUT2D eigenvalue weighted by atomic mass is 16.7. The number of hydrogen-bond acceptors (Lipinski definition) is 5. The van der Waals surface area contributed by atoms with Crippen molar-refractivity contribution in [2.75, 3.05) is 7.11 Å². The molecule has 0 aliphatic carbocycles. The maximum atomic E-state index is 12.7. The molecule has 1 unspecified atom stereocenters. The number of para-hydroxylation sites is 1. The fourth-order valence-corrected chi connectivity index (χ4v) is 3.32. The number of carbonyl (C=O) groups excluding carboxylic acids is 2. The highest BCUT2D eigenvalue weighted by molar-refractivity contribution is 6.01. The third-order valence-electron chi connectivity index (χ3n) is 4.48. The first-order valence-electron chi connectivity index (χ1n) is 8.31. The summed E-state index contributed by atoms with van der Waals surface area (Å²) in [4.78, 5) is 30.3. The van der Waals surface area contributed by atoms with Crippen molar-refractivity contribution in [3.8, 4) is 11.8 Å². The maximum absolute atomic E-state index is 12.7. The Hall–Kier alpha value is -3.63. The van der Waals surface area contributed by atoms with Gasteiger partial charge in [-0.1, -0.05) is 24.3 Å². The number of nitrogens with zero attached hydrogens (tertiary/aromatic N) is 3. The lowest BCUT2D eigenvalue weighted by Gasteiger charge is -2.23. The number of esters is 1. The molecule has 1 aromatic heterocycles. The van der Waals surface area contributed by atoms with Crippen LogP contribution in [-0.2, 0) is 9.63 Å². The standard InChI is InChI=1S/C20H15N3O4/c1-26-23-18(11-19(24)27-15-5-3-2-4-6-15)22-16-9-13(12-21)7-8-14(16)10-17(22)20(23)25/h2-10,18H,11H2,1H3. The van der Waals surface area contributed by atoms with Gasteiger partial charge in [0, 0.05) is 5.39 Å². The van der Waals surface area contributed by atoms with Crippen LogP contribution in [0.25, 0.3) is 10.9 Å². The number of hydroxylamine groups is 2. The molecule has 1 atom stereocenters. The fourth-order valence-electron chi connectivity index (χ4n) is 3.32. The number of rotatable bonds is 4. The maximum Gasteiger partial charge on any atom is 0.315 e. The number of ether oxygens (including phenoxy) is 1. The Morgan fingerprint density at radius 3 is 2.67 bits per heavy atom. The summed E-state index contributed by atoms with van der Waals surface area (Å²) in [5.74, 6) is -0.406. The van der Waals surface area contributed by atoms with Crippen molar-refractivity contribution in [2.45, 2.75) is 12.6 Å². The van der Waals surface area contributed by atoms with Crippen molar-refractivity contribution in [2.24, 2.45) is 0 Å². The molecule has 0 bridgehead atoms. The zero-order chi connectivity index (χ0) is 19.0. The topological polar surface area (TPSA) is 84.6 Å². The molecule has 3 aromatic rings. The Morgan fingerprint density at radius 1 is 1.19 bits per heavy atom. The molecule has 0 fully saturated rings. The molecule has 2 heterocycles. The Balaban J connectivity index is 1.71. The fraction of sp³-hybridized carbons (Fsp3) is 0.150. The molecular weight excluding hydrogens is 346 g/mol. The van der Waals surface area contributed by atoms with Crippen LogP contribution >= 0.6 is 0 Å². The zero-order valence-electron chi connectivity index (χ0n) is 14.5. The molecule has 7 heteroatoms. The first-order valence-corrected chi connectivity index (χ1v) is 8.31. The first kappa shape index (κ1) is 16.8. The number of amides is 1. The lowest BCUT2D eigenvalue weighted by Crippen LogP contribution is -2.31. The summed E-state index contributed by atoms with van der Waals surface area (Å²) in [5.41, 5.74) is 1.56. The summed E-state index contributed by atoms with van der Waals surface area (Å²) >= 11 is 0. The molecule has 4 rings (SSSR count).